The number of anilines is 3. The molecule has 0 saturated carbocycles. The highest BCUT2D eigenvalue weighted by molar-refractivity contribution is 5.91. The van der Waals surface area contributed by atoms with Crippen molar-refractivity contribution >= 4 is 33.7 Å². The third-order valence-corrected chi connectivity index (χ3v) is 4.96. The second kappa shape index (κ2) is 10.9. The number of imidazole rings is 1. The highest BCUT2D eigenvalue weighted by atomic mass is 19.1. The summed E-state index contributed by atoms with van der Waals surface area (Å²) in [6.45, 7) is 13.7. The lowest BCUT2D eigenvalue weighted by molar-refractivity contribution is 0.589. The third kappa shape index (κ3) is 4.96. The molecule has 32 heavy (non-hydrogen) atoms. The van der Waals surface area contributed by atoms with Crippen LogP contribution >= 0.6 is 0 Å². The van der Waals surface area contributed by atoms with Gasteiger partial charge in [-0.05, 0) is 19.1 Å². The zero-order valence-corrected chi connectivity index (χ0v) is 19.5. The lowest BCUT2D eigenvalue weighted by Crippen LogP contribution is -2.43. The predicted octanol–water partition coefficient (Wildman–Crippen LogP) is 4.93. The van der Waals surface area contributed by atoms with E-state index in [1.54, 1.807) is 23.0 Å². The topological polar surface area (TPSA) is 70.4 Å². The maximum atomic E-state index is 14.4. The first kappa shape index (κ1) is 23.4. The van der Waals surface area contributed by atoms with Gasteiger partial charge in [0.05, 0.1) is 23.3 Å². The van der Waals surface area contributed by atoms with Gasteiger partial charge in [0.25, 0.3) is 0 Å². The Balaban J connectivity index is 0.000000686. The molecule has 1 saturated heterocycles. The largest absolute Gasteiger partial charge is 0.368 e. The molecule has 170 valence electrons. The highest BCUT2D eigenvalue weighted by Gasteiger charge is 2.13. The molecule has 7 nitrogen and oxygen atoms in total. The number of nitrogens with zero attached hydrogens (tertiary/aromatic N) is 5. The molecule has 0 spiro atoms. The Hall–Kier alpha value is -3.26. The third-order valence-electron chi connectivity index (χ3n) is 4.96. The number of rotatable bonds is 3. The standard InChI is InChI=1S/C20H20FN7.2C2H6/c1-13-11-28-12-15(9-17(21)20(28)25-13)26-19-18-14(2-3-23-19)8-16(10-24-18)27-6-4-22-5-7-27;2*1-2/h2-3,8-12,22H,4-7H2,1H3,(H,23,26);2*1-2H3. The fraction of sp³-hybridized carbons (Fsp3) is 0.375. The zero-order chi connectivity index (χ0) is 23.1. The van der Waals surface area contributed by atoms with Crippen molar-refractivity contribution < 1.29 is 4.39 Å². The van der Waals surface area contributed by atoms with Crippen LogP contribution in [0.4, 0.5) is 21.6 Å². The Morgan fingerprint density at radius 3 is 2.53 bits per heavy atom. The molecular weight excluding hydrogens is 405 g/mol. The fourth-order valence-corrected chi connectivity index (χ4v) is 3.62. The van der Waals surface area contributed by atoms with E-state index in [-0.39, 0.29) is 5.82 Å². The van der Waals surface area contributed by atoms with E-state index in [0.29, 0.717) is 17.2 Å². The van der Waals surface area contributed by atoms with Crippen molar-refractivity contribution in [2.75, 3.05) is 36.4 Å². The van der Waals surface area contributed by atoms with Gasteiger partial charge in [0, 0.05) is 56.2 Å². The van der Waals surface area contributed by atoms with Crippen LogP contribution in [0.15, 0.2) is 43.0 Å². The van der Waals surface area contributed by atoms with Gasteiger partial charge < -0.3 is 19.9 Å². The molecule has 0 unspecified atom stereocenters. The molecule has 2 N–H and O–H groups in total. The fourth-order valence-electron chi connectivity index (χ4n) is 3.62. The van der Waals surface area contributed by atoms with Crippen molar-refractivity contribution in [1.29, 1.82) is 0 Å². The van der Waals surface area contributed by atoms with E-state index in [9.17, 15) is 4.39 Å². The van der Waals surface area contributed by atoms with Crippen molar-refractivity contribution in [2.24, 2.45) is 0 Å². The van der Waals surface area contributed by atoms with Gasteiger partial charge >= 0.3 is 0 Å². The van der Waals surface area contributed by atoms with E-state index in [4.69, 9.17) is 0 Å². The molecule has 4 aromatic rings. The van der Waals surface area contributed by atoms with Crippen molar-refractivity contribution in [2.45, 2.75) is 34.6 Å². The summed E-state index contributed by atoms with van der Waals surface area (Å²) in [4.78, 5) is 15.6. The van der Waals surface area contributed by atoms with Crippen LogP contribution in [0.3, 0.4) is 0 Å². The summed E-state index contributed by atoms with van der Waals surface area (Å²) in [6.07, 6.45) is 7.21. The number of nitrogens with one attached hydrogen (secondary N) is 2. The molecule has 4 aromatic heterocycles. The van der Waals surface area contributed by atoms with Gasteiger partial charge in [-0.25, -0.2) is 14.4 Å². The van der Waals surface area contributed by atoms with Crippen molar-refractivity contribution in [3.05, 3.63) is 54.5 Å². The molecule has 0 amide bonds. The van der Waals surface area contributed by atoms with Crippen LogP contribution in [-0.4, -0.2) is 45.5 Å². The average molecular weight is 438 g/mol. The smallest absolute Gasteiger partial charge is 0.173 e. The van der Waals surface area contributed by atoms with Crippen LogP contribution in [-0.2, 0) is 0 Å². The highest BCUT2D eigenvalue weighted by Crippen LogP contribution is 2.27. The van der Waals surface area contributed by atoms with Gasteiger partial charge in [0.15, 0.2) is 17.3 Å². The minimum absolute atomic E-state index is 0.313. The molecule has 8 heteroatoms. The first-order valence-corrected chi connectivity index (χ1v) is 11.3. The second-order valence-corrected chi connectivity index (χ2v) is 6.98. The van der Waals surface area contributed by atoms with E-state index in [2.05, 4.69) is 36.6 Å². The Morgan fingerprint density at radius 2 is 1.78 bits per heavy atom. The van der Waals surface area contributed by atoms with E-state index in [1.807, 2.05) is 46.9 Å². The number of halogens is 1. The number of hydrogen-bond acceptors (Lipinski definition) is 6. The molecule has 1 fully saturated rings. The first-order valence-electron chi connectivity index (χ1n) is 11.3. The number of hydrogen-bond donors (Lipinski definition) is 2. The van der Waals surface area contributed by atoms with E-state index >= 15 is 0 Å². The van der Waals surface area contributed by atoms with Crippen LogP contribution in [0, 0.1) is 12.7 Å². The molecular formula is C24H32FN7. The van der Waals surface area contributed by atoms with Crippen LogP contribution < -0.4 is 15.5 Å². The molecule has 5 heterocycles. The SMILES string of the molecule is CC.CC.Cc1cn2cc(Nc3nccc4cc(N5CCNCC5)cnc34)cc(F)c2n1. The van der Waals surface area contributed by atoms with Crippen molar-refractivity contribution in [3.8, 4) is 0 Å². The van der Waals surface area contributed by atoms with Crippen molar-refractivity contribution in [1.82, 2.24) is 24.7 Å². The van der Waals surface area contributed by atoms with Gasteiger partial charge in [-0.1, -0.05) is 27.7 Å². The molecule has 0 aliphatic carbocycles. The lowest BCUT2D eigenvalue weighted by atomic mass is 10.2. The molecule has 0 radical (unpaired) electrons. The number of aryl methyl sites for hydroxylation is 1. The quantitative estimate of drug-likeness (QED) is 0.474. The maximum absolute atomic E-state index is 14.4. The molecule has 1 aliphatic rings. The number of piperazine rings is 1. The van der Waals surface area contributed by atoms with Crippen LogP contribution in [0.2, 0.25) is 0 Å². The molecule has 1 aliphatic heterocycles. The number of aromatic nitrogens is 4. The van der Waals surface area contributed by atoms with Gasteiger partial charge in [0.1, 0.15) is 5.52 Å². The van der Waals surface area contributed by atoms with E-state index in [0.717, 1.165) is 48.5 Å². The Labute approximate surface area is 188 Å². The number of pyridine rings is 3. The lowest BCUT2D eigenvalue weighted by Gasteiger charge is -2.29. The maximum Gasteiger partial charge on any atom is 0.173 e. The summed E-state index contributed by atoms with van der Waals surface area (Å²) in [5.41, 5.74) is 3.53. The minimum Gasteiger partial charge on any atom is -0.368 e. The predicted molar refractivity (Wildman–Crippen MR) is 130 cm³/mol. The summed E-state index contributed by atoms with van der Waals surface area (Å²) >= 11 is 0. The summed E-state index contributed by atoms with van der Waals surface area (Å²) < 4.78 is 16.0. The Bertz CT molecular complexity index is 1170. The monoisotopic (exact) mass is 437 g/mol. The van der Waals surface area contributed by atoms with E-state index < -0.39 is 0 Å². The van der Waals surface area contributed by atoms with Gasteiger partial charge in [-0.15, -0.1) is 0 Å². The first-order chi connectivity index (χ1) is 15.7. The number of fused-ring (bicyclic) bond motifs is 2. The second-order valence-electron chi connectivity index (χ2n) is 6.98. The van der Waals surface area contributed by atoms with Gasteiger partial charge in [-0.2, -0.15) is 0 Å². The molecule has 5 rings (SSSR count). The average Bonchev–Trinajstić information content (AvgIpc) is 3.23. The molecule has 0 atom stereocenters. The van der Waals surface area contributed by atoms with Gasteiger partial charge in [0.2, 0.25) is 0 Å². The van der Waals surface area contributed by atoms with Crippen LogP contribution in [0.5, 0.6) is 0 Å². The van der Waals surface area contributed by atoms with Crippen LogP contribution in [0.1, 0.15) is 33.4 Å². The van der Waals surface area contributed by atoms with Crippen molar-refractivity contribution in [3.63, 3.8) is 0 Å². The molecule has 0 aromatic carbocycles. The van der Waals surface area contributed by atoms with E-state index in [1.165, 1.54) is 6.07 Å². The van der Waals surface area contributed by atoms with Crippen LogP contribution in [0.25, 0.3) is 16.6 Å². The summed E-state index contributed by atoms with van der Waals surface area (Å²) in [5, 5.41) is 7.55. The normalized spacial score (nSPS) is 13.2. The van der Waals surface area contributed by atoms with Gasteiger partial charge in [-0.3, -0.25) is 4.98 Å². The summed E-state index contributed by atoms with van der Waals surface area (Å²) in [6, 6.07) is 5.50. The molecule has 0 bridgehead atoms. The Morgan fingerprint density at radius 1 is 1.03 bits per heavy atom. The Kier molecular flexibility index (Phi) is 7.94. The summed E-state index contributed by atoms with van der Waals surface area (Å²) in [5.74, 6) is 0.215. The zero-order valence-electron chi connectivity index (χ0n) is 19.5. The minimum atomic E-state index is -0.382. The summed E-state index contributed by atoms with van der Waals surface area (Å²) in [7, 11) is 0.